The molecule has 6 N–H and O–H groups in total. The number of nitrogens with one attached hydrogen (secondary N) is 2. The summed E-state index contributed by atoms with van der Waals surface area (Å²) >= 11 is 0. The number of carbonyl (C=O) groups is 5. The van der Waals surface area contributed by atoms with Crippen LogP contribution < -0.4 is 10.9 Å². The molecule has 51 heavy (non-hydrogen) atoms. The largest absolute Gasteiger partial charge is 0.480 e. The van der Waals surface area contributed by atoms with E-state index in [-0.39, 0.29) is 38.3 Å². The topological polar surface area (TPSA) is 221 Å². The van der Waals surface area contributed by atoms with E-state index in [1.807, 2.05) is 54.6 Å². The van der Waals surface area contributed by atoms with Gasteiger partial charge in [0.05, 0.1) is 38.2 Å². The number of nitrogens with zero attached hydrogens (tertiary/aromatic N) is 3. The summed E-state index contributed by atoms with van der Waals surface area (Å²) in [4.78, 5) is 77.6. The third kappa shape index (κ3) is 12.5. The van der Waals surface area contributed by atoms with Crippen molar-refractivity contribution < 1.29 is 44.4 Å². The zero-order valence-corrected chi connectivity index (χ0v) is 27.7. The van der Waals surface area contributed by atoms with Crippen LogP contribution in [0.3, 0.4) is 0 Å². The third-order valence-electron chi connectivity index (χ3n) is 7.94. The van der Waals surface area contributed by atoms with Gasteiger partial charge in [0.15, 0.2) is 0 Å². The fourth-order valence-electron chi connectivity index (χ4n) is 5.65. The molecule has 1 amide bonds. The van der Waals surface area contributed by atoms with Crippen LogP contribution in [0.1, 0.15) is 11.1 Å². The van der Waals surface area contributed by atoms with Crippen LogP contribution in [0.25, 0.3) is 22.0 Å². The number of aromatic amines is 1. The van der Waals surface area contributed by atoms with Crippen molar-refractivity contribution in [2.24, 2.45) is 0 Å². The first kappa shape index (κ1) is 37.9. The Morgan fingerprint density at radius 2 is 1.10 bits per heavy atom. The first-order chi connectivity index (χ1) is 24.3. The van der Waals surface area contributed by atoms with Gasteiger partial charge in [-0.2, -0.15) is 0 Å². The molecule has 0 saturated heterocycles. The van der Waals surface area contributed by atoms with Gasteiger partial charge in [-0.3, -0.25) is 43.5 Å². The molecule has 15 heteroatoms. The van der Waals surface area contributed by atoms with Gasteiger partial charge >= 0.3 is 23.9 Å². The monoisotopic (exact) mass is 701 g/mol. The fourth-order valence-corrected chi connectivity index (χ4v) is 5.65. The van der Waals surface area contributed by atoms with Gasteiger partial charge < -0.3 is 30.7 Å². The van der Waals surface area contributed by atoms with Gasteiger partial charge in [-0.1, -0.05) is 60.7 Å². The molecule has 4 aromatic rings. The molecule has 1 heterocycles. The number of H-pyrrole nitrogens is 1. The molecule has 15 nitrogen and oxygen atoms in total. The SMILES string of the molecule is O=C(O)CN(CCN(CC(=O)O)CC(=O)O)CCN(CC(=O)O)CC(=O)Nc1ccc2c(Cc3ccc(-c4ccccc4)cc3)cc(=O)[nH]c2c1. The number of aromatic nitrogens is 1. The Kier molecular flexibility index (Phi) is 13.5. The lowest BCUT2D eigenvalue weighted by atomic mass is 9.98. The predicted molar refractivity (Wildman–Crippen MR) is 188 cm³/mol. The highest BCUT2D eigenvalue weighted by Gasteiger charge is 2.20. The van der Waals surface area contributed by atoms with Crippen LogP contribution >= 0.6 is 0 Å². The standard InChI is InChI=1S/C36H39N5O10/c42-31-17-27(16-24-6-8-26(9-7-24)25-4-2-1-3-5-25)29-11-10-28(18-30(29)38-31)37-32(43)19-40(21-34(46)47)14-12-39(20-33(44)45)13-15-41(22-35(48)49)23-36(50)51/h1-11,17-18H,12-16,19-23H2,(H,37,43)(H,38,42)(H,44,45)(H,46,47)(H,48,49)(H,50,51). The maximum Gasteiger partial charge on any atom is 0.317 e. The Balaban J connectivity index is 1.41. The number of hydrogen-bond donors (Lipinski definition) is 6. The van der Waals surface area contributed by atoms with E-state index in [1.54, 1.807) is 24.3 Å². The smallest absolute Gasteiger partial charge is 0.317 e. The van der Waals surface area contributed by atoms with E-state index in [4.69, 9.17) is 10.2 Å². The Hall–Kier alpha value is -5.90. The fraction of sp³-hybridized carbons (Fsp3) is 0.278. The van der Waals surface area contributed by atoms with Crippen LogP contribution in [0, 0.1) is 0 Å². The number of pyridine rings is 1. The molecule has 3 aromatic carbocycles. The van der Waals surface area contributed by atoms with Gasteiger partial charge in [0.25, 0.3) is 0 Å². The lowest BCUT2D eigenvalue weighted by molar-refractivity contribution is -0.143. The first-order valence-electron chi connectivity index (χ1n) is 16.0. The van der Waals surface area contributed by atoms with E-state index >= 15 is 0 Å². The van der Waals surface area contributed by atoms with E-state index in [0.29, 0.717) is 17.6 Å². The minimum atomic E-state index is -1.25. The second-order valence-electron chi connectivity index (χ2n) is 12.0. The van der Waals surface area contributed by atoms with Crippen LogP contribution in [0.2, 0.25) is 0 Å². The van der Waals surface area contributed by atoms with Crippen molar-refractivity contribution in [2.75, 3.05) is 64.2 Å². The summed E-state index contributed by atoms with van der Waals surface area (Å²) in [5, 5.41) is 40.5. The van der Waals surface area contributed by atoms with Crippen molar-refractivity contribution in [3.63, 3.8) is 0 Å². The first-order valence-corrected chi connectivity index (χ1v) is 16.0. The number of fused-ring (bicyclic) bond motifs is 1. The number of hydrogen-bond acceptors (Lipinski definition) is 9. The van der Waals surface area contributed by atoms with Crippen molar-refractivity contribution in [2.45, 2.75) is 6.42 Å². The minimum absolute atomic E-state index is 0.00415. The maximum absolute atomic E-state index is 13.0. The van der Waals surface area contributed by atoms with Gasteiger partial charge in [0.1, 0.15) is 0 Å². The number of aliphatic carboxylic acids is 4. The van der Waals surface area contributed by atoms with Crippen LogP contribution in [0.15, 0.2) is 83.7 Å². The lowest BCUT2D eigenvalue weighted by Crippen LogP contribution is -2.46. The average Bonchev–Trinajstić information content (AvgIpc) is 3.05. The highest BCUT2D eigenvalue weighted by atomic mass is 16.4. The highest BCUT2D eigenvalue weighted by Crippen LogP contribution is 2.24. The van der Waals surface area contributed by atoms with E-state index in [1.165, 1.54) is 9.80 Å². The molecule has 0 aliphatic carbocycles. The van der Waals surface area contributed by atoms with E-state index in [2.05, 4.69) is 10.3 Å². The summed E-state index contributed by atoms with van der Waals surface area (Å²) in [6.45, 7) is -2.62. The lowest BCUT2D eigenvalue weighted by Gasteiger charge is -2.27. The molecule has 0 aliphatic rings. The molecule has 0 saturated carbocycles. The molecular formula is C36H39N5O10. The summed E-state index contributed by atoms with van der Waals surface area (Å²) in [5.74, 6) is -5.46. The second-order valence-corrected chi connectivity index (χ2v) is 12.0. The Morgan fingerprint density at radius 3 is 1.67 bits per heavy atom. The van der Waals surface area contributed by atoms with Gasteiger partial charge in [0, 0.05) is 43.3 Å². The molecule has 4 rings (SSSR count). The number of benzene rings is 3. The summed E-state index contributed by atoms with van der Waals surface area (Å²) < 4.78 is 0. The van der Waals surface area contributed by atoms with Crippen LogP contribution in [-0.4, -0.2) is 129 Å². The number of amides is 1. The Bertz CT molecular complexity index is 1900. The highest BCUT2D eigenvalue weighted by molar-refractivity contribution is 5.95. The van der Waals surface area contributed by atoms with E-state index in [0.717, 1.165) is 32.5 Å². The van der Waals surface area contributed by atoms with Crippen molar-refractivity contribution >= 4 is 46.4 Å². The molecule has 0 fully saturated rings. The summed E-state index contributed by atoms with van der Waals surface area (Å²) in [7, 11) is 0. The summed E-state index contributed by atoms with van der Waals surface area (Å²) in [6, 6.07) is 24.7. The molecule has 0 bridgehead atoms. The minimum Gasteiger partial charge on any atom is -0.480 e. The maximum atomic E-state index is 13.0. The molecule has 268 valence electrons. The molecular weight excluding hydrogens is 662 g/mol. The van der Waals surface area contributed by atoms with Gasteiger partial charge in [-0.25, -0.2) is 0 Å². The van der Waals surface area contributed by atoms with Gasteiger partial charge in [-0.15, -0.1) is 0 Å². The Morgan fingerprint density at radius 1 is 0.588 bits per heavy atom. The normalized spacial score (nSPS) is 11.3. The van der Waals surface area contributed by atoms with E-state index < -0.39 is 56.0 Å². The van der Waals surface area contributed by atoms with Crippen molar-refractivity contribution in [3.8, 4) is 11.1 Å². The molecule has 0 spiro atoms. The predicted octanol–water partition coefficient (Wildman–Crippen LogP) is 1.97. The van der Waals surface area contributed by atoms with Crippen LogP contribution in [0.5, 0.6) is 0 Å². The number of anilines is 1. The van der Waals surface area contributed by atoms with Gasteiger partial charge in [-0.05, 0) is 40.8 Å². The zero-order valence-electron chi connectivity index (χ0n) is 27.7. The average molecular weight is 702 g/mol. The second kappa shape index (κ2) is 18.2. The number of carboxylic acids is 4. The summed E-state index contributed by atoms with van der Waals surface area (Å²) in [6.07, 6.45) is 0.501. The molecule has 0 aliphatic heterocycles. The summed E-state index contributed by atoms with van der Waals surface area (Å²) in [5.41, 5.74) is 4.54. The number of carboxylic acid groups (broad SMARTS) is 4. The quantitative estimate of drug-likeness (QED) is 0.0777. The van der Waals surface area contributed by atoms with Crippen molar-refractivity contribution in [1.29, 1.82) is 0 Å². The zero-order chi connectivity index (χ0) is 36.9. The number of carbonyl (C=O) groups excluding carboxylic acids is 1. The Labute approximate surface area is 292 Å². The number of rotatable bonds is 20. The third-order valence-corrected chi connectivity index (χ3v) is 7.94. The molecule has 0 radical (unpaired) electrons. The van der Waals surface area contributed by atoms with E-state index in [9.17, 15) is 39.0 Å². The molecule has 0 unspecified atom stereocenters. The van der Waals surface area contributed by atoms with Crippen molar-refractivity contribution in [1.82, 2.24) is 19.7 Å². The molecule has 0 atom stereocenters. The van der Waals surface area contributed by atoms with Crippen molar-refractivity contribution in [3.05, 3.63) is 100 Å². The molecule has 1 aromatic heterocycles. The van der Waals surface area contributed by atoms with Crippen LogP contribution in [-0.2, 0) is 30.4 Å². The van der Waals surface area contributed by atoms with Crippen LogP contribution in [0.4, 0.5) is 5.69 Å². The van der Waals surface area contributed by atoms with Gasteiger partial charge in [0.2, 0.25) is 11.5 Å².